The molecule has 0 saturated heterocycles. The number of ether oxygens (including phenoxy) is 1. The highest BCUT2D eigenvalue weighted by molar-refractivity contribution is 5.91. The number of hydrogen-bond donors (Lipinski definition) is 1. The summed E-state index contributed by atoms with van der Waals surface area (Å²) < 4.78 is 5.36. The summed E-state index contributed by atoms with van der Waals surface area (Å²) in [6.07, 6.45) is 0.717. The van der Waals surface area contributed by atoms with Crippen molar-refractivity contribution in [2.45, 2.75) is 13.3 Å². The van der Waals surface area contributed by atoms with Gasteiger partial charge in [0.25, 0.3) is 0 Å². The lowest BCUT2D eigenvalue weighted by Gasteiger charge is -2.13. The molecule has 0 unspecified atom stereocenters. The van der Waals surface area contributed by atoms with Crippen LogP contribution in [0.15, 0.2) is 54.6 Å². The molecule has 26 heavy (non-hydrogen) atoms. The molecule has 0 aliphatic rings. The molecule has 1 N–H and O–H groups in total. The number of methoxy groups -OCH3 is 1. The fraction of sp³-hybridized carbons (Fsp3) is 0.182. The van der Waals surface area contributed by atoms with E-state index in [4.69, 9.17) is 10.00 Å². The van der Waals surface area contributed by atoms with Crippen molar-refractivity contribution in [3.8, 4) is 22.9 Å². The quantitative estimate of drug-likeness (QED) is 0.759. The van der Waals surface area contributed by atoms with Gasteiger partial charge < -0.3 is 10.1 Å². The van der Waals surface area contributed by atoms with Gasteiger partial charge in [-0.15, -0.1) is 0 Å². The number of carbonyl (C=O) groups is 1. The predicted molar refractivity (Wildman–Crippen MR) is 103 cm³/mol. The number of carbonyl (C=O) groups excluding carboxylic acids is 1. The summed E-state index contributed by atoms with van der Waals surface area (Å²) in [7, 11) is 1.65. The van der Waals surface area contributed by atoms with Crippen LogP contribution in [0.1, 0.15) is 18.1 Å². The van der Waals surface area contributed by atoms with E-state index in [1.807, 2.05) is 36.4 Å². The van der Waals surface area contributed by atoms with E-state index in [1.165, 1.54) is 6.92 Å². The van der Waals surface area contributed by atoms with E-state index < -0.39 is 0 Å². The Morgan fingerprint density at radius 1 is 1.12 bits per heavy atom. The van der Waals surface area contributed by atoms with Gasteiger partial charge in [0.15, 0.2) is 0 Å². The van der Waals surface area contributed by atoms with Crippen molar-refractivity contribution in [2.24, 2.45) is 0 Å². The number of amides is 1. The fourth-order valence-electron chi connectivity index (χ4n) is 3.06. The molecular formula is C22H20N2O2. The van der Waals surface area contributed by atoms with Gasteiger partial charge >= 0.3 is 0 Å². The molecule has 0 atom stereocenters. The van der Waals surface area contributed by atoms with E-state index in [2.05, 4.69) is 23.5 Å². The standard InChI is InChI=1S/C22H20N2O2/c1-15(25)24-9-8-19-12-20(17-5-3-4-16(10-17)14-23)11-18-6-7-21(26-2)13-22(18)19/h3-7,10-13H,8-9H2,1-2H3,(H,24,25). The molecular weight excluding hydrogens is 324 g/mol. The van der Waals surface area contributed by atoms with Crippen LogP contribution in [0.2, 0.25) is 0 Å². The van der Waals surface area contributed by atoms with Gasteiger partial charge in [0.2, 0.25) is 5.91 Å². The molecule has 1 amide bonds. The molecule has 130 valence electrons. The Bertz CT molecular complexity index is 1000. The van der Waals surface area contributed by atoms with Crippen molar-refractivity contribution in [1.82, 2.24) is 5.32 Å². The van der Waals surface area contributed by atoms with E-state index in [-0.39, 0.29) is 5.91 Å². The second-order valence-corrected chi connectivity index (χ2v) is 6.15. The van der Waals surface area contributed by atoms with Gasteiger partial charge in [0.1, 0.15) is 5.75 Å². The van der Waals surface area contributed by atoms with Gasteiger partial charge in [-0.05, 0) is 64.2 Å². The van der Waals surface area contributed by atoms with E-state index in [9.17, 15) is 4.79 Å². The highest BCUT2D eigenvalue weighted by atomic mass is 16.5. The lowest BCUT2D eigenvalue weighted by Crippen LogP contribution is -2.22. The van der Waals surface area contributed by atoms with E-state index in [0.29, 0.717) is 12.1 Å². The minimum absolute atomic E-state index is 0.0373. The number of rotatable bonds is 5. The summed E-state index contributed by atoms with van der Waals surface area (Å²) in [6.45, 7) is 2.09. The summed E-state index contributed by atoms with van der Waals surface area (Å²) in [5.74, 6) is 0.766. The minimum Gasteiger partial charge on any atom is -0.497 e. The Balaban J connectivity index is 2.10. The Morgan fingerprint density at radius 2 is 1.96 bits per heavy atom. The van der Waals surface area contributed by atoms with Gasteiger partial charge in [-0.2, -0.15) is 5.26 Å². The third kappa shape index (κ3) is 3.84. The number of nitrogens with one attached hydrogen (secondary N) is 1. The second kappa shape index (κ2) is 7.71. The molecule has 0 radical (unpaired) electrons. The van der Waals surface area contributed by atoms with Crippen LogP contribution in [-0.2, 0) is 11.2 Å². The summed E-state index contributed by atoms with van der Waals surface area (Å²) in [4.78, 5) is 11.2. The maximum Gasteiger partial charge on any atom is 0.216 e. The summed E-state index contributed by atoms with van der Waals surface area (Å²) in [5, 5.41) is 14.2. The fourth-order valence-corrected chi connectivity index (χ4v) is 3.06. The van der Waals surface area contributed by atoms with Crippen molar-refractivity contribution >= 4 is 16.7 Å². The summed E-state index contributed by atoms with van der Waals surface area (Å²) in [5.41, 5.74) is 3.82. The molecule has 3 aromatic carbocycles. The predicted octanol–water partition coefficient (Wildman–Crippen LogP) is 4.07. The summed E-state index contributed by atoms with van der Waals surface area (Å²) >= 11 is 0. The highest BCUT2D eigenvalue weighted by Crippen LogP contribution is 2.31. The molecule has 0 aliphatic carbocycles. The van der Waals surface area contributed by atoms with Crippen LogP contribution in [0.3, 0.4) is 0 Å². The highest BCUT2D eigenvalue weighted by Gasteiger charge is 2.08. The molecule has 4 nitrogen and oxygen atoms in total. The maximum atomic E-state index is 11.2. The first-order chi connectivity index (χ1) is 12.6. The molecule has 3 aromatic rings. The van der Waals surface area contributed by atoms with Gasteiger partial charge in [0, 0.05) is 13.5 Å². The van der Waals surface area contributed by atoms with Crippen LogP contribution >= 0.6 is 0 Å². The molecule has 0 heterocycles. The SMILES string of the molecule is COc1ccc2cc(-c3cccc(C#N)c3)cc(CCNC(C)=O)c2c1. The van der Waals surface area contributed by atoms with Crippen molar-refractivity contribution in [2.75, 3.05) is 13.7 Å². The van der Waals surface area contributed by atoms with Crippen LogP contribution in [0.25, 0.3) is 21.9 Å². The Kier molecular flexibility index (Phi) is 5.19. The van der Waals surface area contributed by atoms with Crippen LogP contribution < -0.4 is 10.1 Å². The third-order valence-electron chi connectivity index (χ3n) is 4.34. The van der Waals surface area contributed by atoms with Gasteiger partial charge in [0.05, 0.1) is 18.7 Å². The molecule has 0 bridgehead atoms. The third-order valence-corrected chi connectivity index (χ3v) is 4.34. The Labute approximate surface area is 153 Å². The van der Waals surface area contributed by atoms with E-state index in [0.717, 1.165) is 39.6 Å². The molecule has 3 rings (SSSR count). The van der Waals surface area contributed by atoms with Crippen molar-refractivity contribution in [1.29, 1.82) is 5.26 Å². The Morgan fingerprint density at radius 3 is 2.69 bits per heavy atom. The molecule has 0 saturated carbocycles. The number of nitriles is 1. The zero-order valence-electron chi connectivity index (χ0n) is 14.9. The number of nitrogens with zero attached hydrogens (tertiary/aromatic N) is 1. The van der Waals surface area contributed by atoms with Crippen molar-refractivity contribution < 1.29 is 9.53 Å². The molecule has 0 spiro atoms. The molecule has 0 aliphatic heterocycles. The first-order valence-corrected chi connectivity index (χ1v) is 8.46. The minimum atomic E-state index is -0.0373. The number of benzene rings is 3. The lowest BCUT2D eigenvalue weighted by atomic mass is 9.94. The van der Waals surface area contributed by atoms with Gasteiger partial charge in [-0.1, -0.05) is 24.3 Å². The van der Waals surface area contributed by atoms with E-state index >= 15 is 0 Å². The summed E-state index contributed by atoms with van der Waals surface area (Å²) in [6, 6.07) is 20.0. The van der Waals surface area contributed by atoms with Gasteiger partial charge in [-0.3, -0.25) is 4.79 Å². The second-order valence-electron chi connectivity index (χ2n) is 6.15. The zero-order chi connectivity index (χ0) is 18.5. The van der Waals surface area contributed by atoms with Crippen LogP contribution in [0.4, 0.5) is 0 Å². The number of fused-ring (bicyclic) bond motifs is 1. The van der Waals surface area contributed by atoms with Crippen LogP contribution in [0, 0.1) is 11.3 Å². The average Bonchev–Trinajstić information content (AvgIpc) is 2.67. The van der Waals surface area contributed by atoms with Crippen molar-refractivity contribution in [3.05, 3.63) is 65.7 Å². The van der Waals surface area contributed by atoms with Gasteiger partial charge in [-0.25, -0.2) is 0 Å². The number of hydrogen-bond acceptors (Lipinski definition) is 3. The molecule has 4 heteroatoms. The molecule has 0 fully saturated rings. The largest absolute Gasteiger partial charge is 0.497 e. The van der Waals surface area contributed by atoms with Crippen molar-refractivity contribution in [3.63, 3.8) is 0 Å². The average molecular weight is 344 g/mol. The van der Waals surface area contributed by atoms with Crippen LogP contribution in [0.5, 0.6) is 5.75 Å². The first-order valence-electron chi connectivity index (χ1n) is 8.46. The smallest absolute Gasteiger partial charge is 0.216 e. The first kappa shape index (κ1) is 17.5. The normalized spacial score (nSPS) is 10.3. The molecule has 0 aromatic heterocycles. The van der Waals surface area contributed by atoms with Crippen LogP contribution in [-0.4, -0.2) is 19.6 Å². The maximum absolute atomic E-state index is 11.2. The van der Waals surface area contributed by atoms with E-state index in [1.54, 1.807) is 13.2 Å². The zero-order valence-corrected chi connectivity index (χ0v) is 14.9. The Hall–Kier alpha value is -3.32. The lowest BCUT2D eigenvalue weighted by molar-refractivity contribution is -0.118. The monoisotopic (exact) mass is 344 g/mol. The topological polar surface area (TPSA) is 62.1 Å².